The van der Waals surface area contributed by atoms with Gasteiger partial charge in [-0.15, -0.1) is 0 Å². The third-order valence-corrected chi connectivity index (χ3v) is 6.38. The number of rotatable bonds is 7. The standard InChI is InChI=1S/C26H27F3N6O3/c1-16-24(18-13-19(26(27,28)29)25(30)31-15-18)35-23(32-16)6-4-20(33-35)17-3-5-21(22(14-17)36-2)38-12-9-34-7-10-37-11-8-34/h3-6,13-15H,7-12H2,1-2H3,(H2,30,31). The highest BCUT2D eigenvalue weighted by atomic mass is 19.4. The van der Waals surface area contributed by atoms with E-state index in [9.17, 15) is 13.2 Å². The van der Waals surface area contributed by atoms with E-state index >= 15 is 0 Å². The quantitative estimate of drug-likeness (QED) is 0.383. The number of imidazole rings is 1. The number of aryl methyl sites for hydroxylation is 1. The number of alkyl halides is 3. The van der Waals surface area contributed by atoms with Crippen molar-refractivity contribution in [1.29, 1.82) is 0 Å². The number of fused-ring (bicyclic) bond motifs is 1. The van der Waals surface area contributed by atoms with Crippen molar-refractivity contribution < 1.29 is 27.4 Å². The normalized spacial score (nSPS) is 14.7. The lowest BCUT2D eigenvalue weighted by molar-refractivity contribution is -0.137. The van der Waals surface area contributed by atoms with Crippen LogP contribution >= 0.6 is 0 Å². The van der Waals surface area contributed by atoms with Crippen LogP contribution in [0.4, 0.5) is 19.0 Å². The number of benzene rings is 1. The highest BCUT2D eigenvalue weighted by molar-refractivity contribution is 5.70. The molecule has 0 aliphatic carbocycles. The van der Waals surface area contributed by atoms with Crippen molar-refractivity contribution in [2.45, 2.75) is 13.1 Å². The second-order valence-corrected chi connectivity index (χ2v) is 8.86. The van der Waals surface area contributed by atoms with Crippen molar-refractivity contribution in [3.05, 3.63) is 53.9 Å². The fraction of sp³-hybridized carbons (Fsp3) is 0.346. The van der Waals surface area contributed by atoms with Crippen LogP contribution in [0.2, 0.25) is 0 Å². The van der Waals surface area contributed by atoms with E-state index in [0.29, 0.717) is 40.8 Å². The van der Waals surface area contributed by atoms with Crippen LogP contribution in [-0.4, -0.2) is 71.0 Å². The van der Waals surface area contributed by atoms with E-state index < -0.39 is 17.6 Å². The van der Waals surface area contributed by atoms with Crippen LogP contribution in [0.3, 0.4) is 0 Å². The number of pyridine rings is 1. The van der Waals surface area contributed by atoms with Crippen molar-refractivity contribution in [3.8, 4) is 34.0 Å². The fourth-order valence-corrected chi connectivity index (χ4v) is 4.42. The summed E-state index contributed by atoms with van der Waals surface area (Å²) >= 11 is 0. The summed E-state index contributed by atoms with van der Waals surface area (Å²) in [6, 6.07) is 10.0. The number of halogens is 3. The molecule has 0 bridgehead atoms. The van der Waals surface area contributed by atoms with Gasteiger partial charge in [-0.25, -0.2) is 14.5 Å². The van der Waals surface area contributed by atoms with Crippen LogP contribution < -0.4 is 15.2 Å². The second kappa shape index (κ2) is 10.5. The van der Waals surface area contributed by atoms with Gasteiger partial charge in [0, 0.05) is 37.0 Å². The topological polar surface area (TPSA) is 100 Å². The van der Waals surface area contributed by atoms with E-state index in [1.165, 1.54) is 10.7 Å². The number of methoxy groups -OCH3 is 1. The maximum absolute atomic E-state index is 13.5. The Balaban J connectivity index is 1.44. The maximum Gasteiger partial charge on any atom is 0.419 e. The minimum atomic E-state index is -4.64. The number of hydrogen-bond donors (Lipinski definition) is 1. The molecule has 0 radical (unpaired) electrons. The number of nitrogens with zero attached hydrogens (tertiary/aromatic N) is 5. The first-order valence-corrected chi connectivity index (χ1v) is 12.1. The molecule has 1 aliphatic rings. The molecule has 0 unspecified atom stereocenters. The summed E-state index contributed by atoms with van der Waals surface area (Å²) in [7, 11) is 1.56. The van der Waals surface area contributed by atoms with E-state index in [0.717, 1.165) is 44.5 Å². The highest BCUT2D eigenvalue weighted by Crippen LogP contribution is 2.36. The van der Waals surface area contributed by atoms with Crippen LogP contribution in [-0.2, 0) is 10.9 Å². The molecule has 1 aliphatic heterocycles. The molecule has 0 spiro atoms. The third-order valence-electron chi connectivity index (χ3n) is 6.38. The predicted molar refractivity (Wildman–Crippen MR) is 135 cm³/mol. The molecule has 38 heavy (non-hydrogen) atoms. The molecule has 3 aromatic heterocycles. The van der Waals surface area contributed by atoms with E-state index in [1.54, 1.807) is 26.2 Å². The average molecular weight is 529 g/mol. The highest BCUT2D eigenvalue weighted by Gasteiger charge is 2.34. The molecule has 0 amide bonds. The number of nitrogen functional groups attached to an aromatic ring is 1. The molecule has 5 rings (SSSR count). The lowest BCUT2D eigenvalue weighted by Gasteiger charge is -2.26. The van der Waals surface area contributed by atoms with Crippen molar-refractivity contribution in [2.24, 2.45) is 0 Å². The maximum atomic E-state index is 13.5. The van der Waals surface area contributed by atoms with Gasteiger partial charge in [-0.3, -0.25) is 4.90 Å². The number of ether oxygens (including phenoxy) is 3. The Morgan fingerprint density at radius 2 is 1.84 bits per heavy atom. The molecule has 1 aromatic carbocycles. The van der Waals surface area contributed by atoms with Gasteiger partial charge in [0.2, 0.25) is 0 Å². The summed E-state index contributed by atoms with van der Waals surface area (Å²) in [6.07, 6.45) is -3.34. The van der Waals surface area contributed by atoms with Gasteiger partial charge < -0.3 is 19.9 Å². The smallest absolute Gasteiger partial charge is 0.419 e. The second-order valence-electron chi connectivity index (χ2n) is 8.86. The fourth-order valence-electron chi connectivity index (χ4n) is 4.42. The van der Waals surface area contributed by atoms with Crippen LogP contribution in [0, 0.1) is 6.92 Å². The third kappa shape index (κ3) is 5.22. The van der Waals surface area contributed by atoms with Crippen LogP contribution in [0.15, 0.2) is 42.6 Å². The van der Waals surface area contributed by atoms with E-state index in [1.807, 2.05) is 18.2 Å². The van der Waals surface area contributed by atoms with E-state index in [2.05, 4.69) is 20.0 Å². The zero-order chi connectivity index (χ0) is 26.9. The van der Waals surface area contributed by atoms with Crippen LogP contribution in [0.25, 0.3) is 28.2 Å². The number of nitrogens with two attached hydrogens (primary N) is 1. The summed E-state index contributed by atoms with van der Waals surface area (Å²) in [5.41, 5.74) is 7.41. The van der Waals surface area contributed by atoms with Gasteiger partial charge in [0.1, 0.15) is 12.4 Å². The average Bonchev–Trinajstić information content (AvgIpc) is 3.24. The minimum Gasteiger partial charge on any atom is -0.493 e. The summed E-state index contributed by atoms with van der Waals surface area (Å²) in [5.74, 6) is 0.573. The molecule has 200 valence electrons. The van der Waals surface area contributed by atoms with Gasteiger partial charge in [0.15, 0.2) is 17.1 Å². The Labute approximate surface area is 217 Å². The van der Waals surface area contributed by atoms with Crippen LogP contribution in [0.5, 0.6) is 11.5 Å². The molecule has 4 heterocycles. The van der Waals surface area contributed by atoms with Gasteiger partial charge in [-0.05, 0) is 43.3 Å². The summed E-state index contributed by atoms with van der Waals surface area (Å²) < 4.78 is 58.8. The monoisotopic (exact) mass is 528 g/mol. The first-order valence-electron chi connectivity index (χ1n) is 12.1. The molecule has 12 heteroatoms. The Kier molecular flexibility index (Phi) is 7.09. The first-order chi connectivity index (χ1) is 18.2. The summed E-state index contributed by atoms with van der Waals surface area (Å²) in [4.78, 5) is 10.5. The predicted octanol–water partition coefficient (Wildman–Crippen LogP) is 4.09. The van der Waals surface area contributed by atoms with Crippen molar-refractivity contribution in [1.82, 2.24) is 24.5 Å². The molecule has 9 nitrogen and oxygen atoms in total. The number of hydrogen-bond acceptors (Lipinski definition) is 8. The Morgan fingerprint density at radius 1 is 1.05 bits per heavy atom. The Bertz CT molecular complexity index is 1450. The minimum absolute atomic E-state index is 0.211. The number of anilines is 1. The van der Waals surface area contributed by atoms with Gasteiger partial charge in [-0.1, -0.05) is 0 Å². The summed E-state index contributed by atoms with van der Waals surface area (Å²) in [5, 5.41) is 4.68. The first kappa shape index (κ1) is 25.7. The van der Waals surface area contributed by atoms with Crippen molar-refractivity contribution in [3.63, 3.8) is 0 Å². The Hall–Kier alpha value is -3.90. The number of morpholine rings is 1. The lowest BCUT2D eigenvalue weighted by Crippen LogP contribution is -2.38. The van der Waals surface area contributed by atoms with Gasteiger partial charge in [-0.2, -0.15) is 18.3 Å². The van der Waals surface area contributed by atoms with Crippen LogP contribution in [0.1, 0.15) is 11.3 Å². The van der Waals surface area contributed by atoms with Crippen molar-refractivity contribution in [2.75, 3.05) is 52.3 Å². The Morgan fingerprint density at radius 3 is 2.58 bits per heavy atom. The van der Waals surface area contributed by atoms with Gasteiger partial charge >= 0.3 is 6.18 Å². The molecular formula is C26H27F3N6O3. The molecular weight excluding hydrogens is 501 g/mol. The van der Waals surface area contributed by atoms with E-state index in [4.69, 9.17) is 19.9 Å². The zero-order valence-electron chi connectivity index (χ0n) is 21.0. The number of aromatic nitrogens is 4. The molecule has 0 atom stereocenters. The van der Waals surface area contributed by atoms with Gasteiger partial charge in [0.25, 0.3) is 0 Å². The largest absolute Gasteiger partial charge is 0.493 e. The zero-order valence-corrected chi connectivity index (χ0v) is 21.0. The van der Waals surface area contributed by atoms with Gasteiger partial charge in [0.05, 0.1) is 43.0 Å². The molecule has 2 N–H and O–H groups in total. The van der Waals surface area contributed by atoms with Crippen molar-refractivity contribution >= 4 is 11.5 Å². The molecule has 4 aromatic rings. The summed E-state index contributed by atoms with van der Waals surface area (Å²) in [6.45, 7) is 6.22. The molecule has 0 saturated carbocycles. The SMILES string of the molecule is COc1cc(-c2ccc3nc(C)c(-c4cnc(N)c(C(F)(F)F)c4)n3n2)ccc1OCCN1CCOCC1. The van der Waals surface area contributed by atoms with E-state index in [-0.39, 0.29) is 5.56 Å². The molecule has 1 fully saturated rings. The lowest BCUT2D eigenvalue weighted by atomic mass is 10.1. The molecule has 1 saturated heterocycles.